The monoisotopic (exact) mass is 290 g/mol. The first-order valence-corrected chi connectivity index (χ1v) is 8.06. The number of aliphatic hydroxyl groups excluding tert-OH is 1. The molecule has 3 unspecified atom stereocenters. The van der Waals surface area contributed by atoms with E-state index in [2.05, 4.69) is 32.9 Å². The first kappa shape index (κ1) is 14.7. The molecule has 1 aliphatic heterocycles. The second-order valence-corrected chi connectivity index (χ2v) is 7.17. The predicted molar refractivity (Wildman–Crippen MR) is 83.0 cm³/mol. The average Bonchev–Trinajstić information content (AvgIpc) is 2.46. The molecule has 0 radical (unpaired) electrons. The van der Waals surface area contributed by atoms with Gasteiger partial charge >= 0.3 is 0 Å². The molecule has 0 bridgehead atoms. The van der Waals surface area contributed by atoms with E-state index in [4.69, 9.17) is 9.47 Å². The van der Waals surface area contributed by atoms with E-state index in [9.17, 15) is 5.11 Å². The molecule has 116 valence electrons. The number of benzene rings is 1. The summed E-state index contributed by atoms with van der Waals surface area (Å²) in [5, 5.41) is 10.5. The lowest BCUT2D eigenvalue weighted by atomic mass is 9.64. The summed E-state index contributed by atoms with van der Waals surface area (Å²) in [5.74, 6) is 2.60. The largest absolute Gasteiger partial charge is 0.486 e. The minimum Gasteiger partial charge on any atom is -0.486 e. The Morgan fingerprint density at radius 2 is 1.81 bits per heavy atom. The summed E-state index contributed by atoms with van der Waals surface area (Å²) in [6.07, 6.45) is 3.00. The fourth-order valence-corrected chi connectivity index (χ4v) is 3.85. The third kappa shape index (κ3) is 2.76. The standard InChI is InChI=1S/C18H26O3/c1-12-4-6-14(15(19)10-12)18(2,3)13-5-7-16-17(11-13)21-9-8-20-16/h5,7,11-12,14-15,19H,4,6,8-10H2,1-3H3. The van der Waals surface area contributed by atoms with Gasteiger partial charge in [-0.3, -0.25) is 0 Å². The smallest absolute Gasteiger partial charge is 0.161 e. The molecule has 1 heterocycles. The van der Waals surface area contributed by atoms with Crippen LogP contribution in [0.5, 0.6) is 11.5 Å². The van der Waals surface area contributed by atoms with Gasteiger partial charge in [0.25, 0.3) is 0 Å². The van der Waals surface area contributed by atoms with E-state index in [0.29, 0.717) is 25.0 Å². The van der Waals surface area contributed by atoms with Gasteiger partial charge in [0.1, 0.15) is 13.2 Å². The summed E-state index contributed by atoms with van der Waals surface area (Å²) < 4.78 is 11.3. The summed E-state index contributed by atoms with van der Waals surface area (Å²) in [6.45, 7) is 7.94. The molecule has 3 heteroatoms. The van der Waals surface area contributed by atoms with E-state index in [1.165, 1.54) is 12.0 Å². The predicted octanol–water partition coefficient (Wildman–Crippen LogP) is 3.53. The lowest BCUT2D eigenvalue weighted by Crippen LogP contribution is -2.41. The number of ether oxygens (including phenoxy) is 2. The molecule has 0 amide bonds. The number of fused-ring (bicyclic) bond motifs is 1. The normalized spacial score (nSPS) is 29.2. The first-order chi connectivity index (χ1) is 9.98. The molecule has 2 aliphatic rings. The summed E-state index contributed by atoms with van der Waals surface area (Å²) in [5.41, 5.74) is 1.17. The summed E-state index contributed by atoms with van der Waals surface area (Å²) in [6, 6.07) is 6.22. The third-order valence-corrected chi connectivity index (χ3v) is 5.29. The quantitative estimate of drug-likeness (QED) is 0.905. The van der Waals surface area contributed by atoms with Crippen molar-refractivity contribution < 1.29 is 14.6 Å². The van der Waals surface area contributed by atoms with Crippen LogP contribution in [0.3, 0.4) is 0 Å². The van der Waals surface area contributed by atoms with Crippen molar-refractivity contribution >= 4 is 0 Å². The van der Waals surface area contributed by atoms with Crippen LogP contribution < -0.4 is 9.47 Å². The minimum absolute atomic E-state index is 0.0601. The lowest BCUT2D eigenvalue weighted by molar-refractivity contribution is 0.0142. The van der Waals surface area contributed by atoms with Gasteiger partial charge in [-0.1, -0.05) is 33.3 Å². The molecule has 1 fully saturated rings. The molecule has 1 aromatic rings. The molecule has 3 rings (SSSR count). The van der Waals surface area contributed by atoms with Crippen LogP contribution in [0.2, 0.25) is 0 Å². The van der Waals surface area contributed by atoms with Crippen molar-refractivity contribution in [3.05, 3.63) is 23.8 Å². The number of aliphatic hydroxyl groups is 1. The van der Waals surface area contributed by atoms with Gasteiger partial charge in [0.05, 0.1) is 6.10 Å². The molecule has 1 saturated carbocycles. The molecule has 3 atom stereocenters. The highest BCUT2D eigenvalue weighted by Gasteiger charge is 2.39. The Morgan fingerprint density at radius 1 is 1.10 bits per heavy atom. The van der Waals surface area contributed by atoms with E-state index in [-0.39, 0.29) is 11.5 Å². The number of hydrogen-bond acceptors (Lipinski definition) is 3. The SMILES string of the molecule is CC1CCC(C(C)(C)c2ccc3c(c2)OCCO3)C(O)C1. The Morgan fingerprint density at radius 3 is 2.52 bits per heavy atom. The van der Waals surface area contributed by atoms with Gasteiger partial charge < -0.3 is 14.6 Å². The maximum absolute atomic E-state index is 10.5. The van der Waals surface area contributed by atoms with Gasteiger partial charge in [-0.2, -0.15) is 0 Å². The average molecular weight is 290 g/mol. The maximum Gasteiger partial charge on any atom is 0.161 e. The minimum atomic E-state index is -0.211. The van der Waals surface area contributed by atoms with Crippen LogP contribution in [0.25, 0.3) is 0 Å². The van der Waals surface area contributed by atoms with Gasteiger partial charge in [-0.25, -0.2) is 0 Å². The van der Waals surface area contributed by atoms with Gasteiger partial charge in [-0.05, 0) is 47.8 Å². The molecular weight excluding hydrogens is 264 g/mol. The van der Waals surface area contributed by atoms with E-state index in [1.807, 2.05) is 6.07 Å². The molecule has 21 heavy (non-hydrogen) atoms. The molecule has 0 spiro atoms. The summed E-state index contributed by atoms with van der Waals surface area (Å²) in [7, 11) is 0. The van der Waals surface area contributed by atoms with E-state index in [0.717, 1.165) is 24.3 Å². The highest BCUT2D eigenvalue weighted by atomic mass is 16.6. The summed E-state index contributed by atoms with van der Waals surface area (Å²) >= 11 is 0. The Balaban J connectivity index is 1.87. The number of rotatable bonds is 2. The molecule has 1 aliphatic carbocycles. The second kappa shape index (κ2) is 5.53. The van der Waals surface area contributed by atoms with Crippen molar-refractivity contribution in [2.24, 2.45) is 11.8 Å². The van der Waals surface area contributed by atoms with Crippen molar-refractivity contribution in [3.8, 4) is 11.5 Å². The van der Waals surface area contributed by atoms with Crippen LogP contribution in [0, 0.1) is 11.8 Å². The van der Waals surface area contributed by atoms with Gasteiger partial charge in [0, 0.05) is 0 Å². The zero-order chi connectivity index (χ0) is 15.0. The van der Waals surface area contributed by atoms with E-state index < -0.39 is 0 Å². The molecule has 1 aromatic carbocycles. The third-order valence-electron chi connectivity index (χ3n) is 5.29. The van der Waals surface area contributed by atoms with Gasteiger partial charge in [0.2, 0.25) is 0 Å². The Bertz CT molecular complexity index is 509. The highest BCUT2D eigenvalue weighted by Crippen LogP contribution is 2.44. The Labute approximate surface area is 127 Å². The van der Waals surface area contributed by atoms with Crippen LogP contribution >= 0.6 is 0 Å². The second-order valence-electron chi connectivity index (χ2n) is 7.17. The zero-order valence-electron chi connectivity index (χ0n) is 13.3. The lowest BCUT2D eigenvalue weighted by Gasteiger charge is -2.42. The maximum atomic E-state index is 10.5. The van der Waals surface area contributed by atoms with Crippen LogP contribution in [0.1, 0.15) is 45.6 Å². The molecule has 0 saturated heterocycles. The zero-order valence-corrected chi connectivity index (χ0v) is 13.3. The fourth-order valence-electron chi connectivity index (χ4n) is 3.85. The Kier molecular flexibility index (Phi) is 3.87. The fraction of sp³-hybridized carbons (Fsp3) is 0.667. The topological polar surface area (TPSA) is 38.7 Å². The van der Waals surface area contributed by atoms with Crippen molar-refractivity contribution in [2.75, 3.05) is 13.2 Å². The van der Waals surface area contributed by atoms with E-state index >= 15 is 0 Å². The van der Waals surface area contributed by atoms with E-state index in [1.54, 1.807) is 0 Å². The Hall–Kier alpha value is -1.22. The van der Waals surface area contributed by atoms with Crippen molar-refractivity contribution in [1.29, 1.82) is 0 Å². The van der Waals surface area contributed by atoms with Crippen molar-refractivity contribution in [1.82, 2.24) is 0 Å². The molecule has 0 aromatic heterocycles. The molecule has 1 N–H and O–H groups in total. The van der Waals surface area contributed by atoms with Crippen LogP contribution in [0.4, 0.5) is 0 Å². The van der Waals surface area contributed by atoms with Crippen molar-refractivity contribution in [2.45, 2.75) is 51.6 Å². The van der Waals surface area contributed by atoms with Gasteiger partial charge in [0.15, 0.2) is 11.5 Å². The van der Waals surface area contributed by atoms with Gasteiger partial charge in [-0.15, -0.1) is 0 Å². The van der Waals surface area contributed by atoms with Crippen LogP contribution in [-0.2, 0) is 5.41 Å². The van der Waals surface area contributed by atoms with Crippen LogP contribution in [0.15, 0.2) is 18.2 Å². The van der Waals surface area contributed by atoms with Crippen molar-refractivity contribution in [3.63, 3.8) is 0 Å². The summed E-state index contributed by atoms with van der Waals surface area (Å²) in [4.78, 5) is 0. The molecular formula is C18H26O3. The molecule has 3 nitrogen and oxygen atoms in total. The first-order valence-electron chi connectivity index (χ1n) is 8.06. The number of hydrogen-bond donors (Lipinski definition) is 1. The van der Waals surface area contributed by atoms with Crippen LogP contribution in [-0.4, -0.2) is 24.4 Å². The highest BCUT2D eigenvalue weighted by molar-refractivity contribution is 5.46.